The Labute approximate surface area is 127 Å². The first-order valence-corrected chi connectivity index (χ1v) is 7.80. The van der Waals surface area contributed by atoms with Gasteiger partial charge in [-0.05, 0) is 50.8 Å². The molecule has 0 aliphatic carbocycles. The van der Waals surface area contributed by atoms with Crippen LogP contribution in [0.15, 0.2) is 24.5 Å². The molecule has 0 spiro atoms. The Morgan fingerprint density at radius 1 is 1.48 bits per heavy atom. The van der Waals surface area contributed by atoms with Crippen LogP contribution < -0.4 is 10.6 Å². The van der Waals surface area contributed by atoms with Gasteiger partial charge in [-0.3, -0.25) is 4.98 Å². The molecule has 0 saturated carbocycles. The minimum atomic E-state index is -0.0967. The van der Waals surface area contributed by atoms with Crippen molar-refractivity contribution in [1.82, 2.24) is 20.5 Å². The van der Waals surface area contributed by atoms with Gasteiger partial charge in [0.05, 0.1) is 0 Å². The number of nitrogens with zero attached hydrogens (tertiary/aromatic N) is 2. The zero-order valence-corrected chi connectivity index (χ0v) is 13.0. The van der Waals surface area contributed by atoms with E-state index in [1.165, 1.54) is 19.4 Å². The van der Waals surface area contributed by atoms with Crippen molar-refractivity contribution >= 4 is 6.03 Å². The summed E-state index contributed by atoms with van der Waals surface area (Å²) >= 11 is 0. The van der Waals surface area contributed by atoms with E-state index in [-0.39, 0.29) is 6.03 Å². The van der Waals surface area contributed by atoms with Crippen molar-refractivity contribution in [1.29, 1.82) is 0 Å². The number of urea groups is 1. The van der Waals surface area contributed by atoms with Crippen LogP contribution in [0.3, 0.4) is 0 Å². The van der Waals surface area contributed by atoms with Gasteiger partial charge in [0.2, 0.25) is 0 Å². The molecule has 1 aliphatic rings. The monoisotopic (exact) mass is 290 g/mol. The Balaban J connectivity index is 1.67. The van der Waals surface area contributed by atoms with Crippen LogP contribution in [-0.2, 0) is 6.54 Å². The van der Waals surface area contributed by atoms with E-state index in [0.29, 0.717) is 18.5 Å². The minimum absolute atomic E-state index is 0.0967. The molecule has 2 N–H and O–H groups in total. The molecule has 21 heavy (non-hydrogen) atoms. The molecular formula is C16H26N4O. The van der Waals surface area contributed by atoms with Crippen LogP contribution in [0.5, 0.6) is 0 Å². The molecular weight excluding hydrogens is 264 g/mol. The Kier molecular flexibility index (Phi) is 5.99. The normalized spacial score (nSPS) is 19.5. The molecule has 1 fully saturated rings. The molecule has 2 heterocycles. The topological polar surface area (TPSA) is 57.3 Å². The SMILES string of the molecule is CC(C)N1CCCC(CNC(=O)NCc2cccnc2)C1. The van der Waals surface area contributed by atoms with Crippen LogP contribution in [0.2, 0.25) is 0 Å². The Bertz CT molecular complexity index is 435. The van der Waals surface area contributed by atoms with Crippen molar-refractivity contribution in [2.75, 3.05) is 19.6 Å². The lowest BCUT2D eigenvalue weighted by atomic mass is 9.97. The average molecular weight is 290 g/mol. The van der Waals surface area contributed by atoms with E-state index in [4.69, 9.17) is 0 Å². The third-order valence-corrected chi connectivity index (χ3v) is 4.01. The molecule has 1 unspecified atom stereocenters. The van der Waals surface area contributed by atoms with Crippen LogP contribution >= 0.6 is 0 Å². The largest absolute Gasteiger partial charge is 0.338 e. The summed E-state index contributed by atoms with van der Waals surface area (Å²) in [6.45, 7) is 8.00. The van der Waals surface area contributed by atoms with Crippen LogP contribution in [0.4, 0.5) is 4.79 Å². The Morgan fingerprint density at radius 2 is 2.33 bits per heavy atom. The molecule has 0 aromatic carbocycles. The standard InChI is InChI=1S/C16H26N4O/c1-13(2)20-8-4-6-15(12-20)11-19-16(21)18-10-14-5-3-7-17-9-14/h3,5,7,9,13,15H,4,6,8,10-12H2,1-2H3,(H2,18,19,21). The van der Waals surface area contributed by atoms with Gasteiger partial charge in [0.1, 0.15) is 0 Å². The zero-order chi connectivity index (χ0) is 15.1. The third-order valence-electron chi connectivity index (χ3n) is 4.01. The lowest BCUT2D eigenvalue weighted by Crippen LogP contribution is -2.45. The van der Waals surface area contributed by atoms with Crippen LogP contribution in [0.25, 0.3) is 0 Å². The van der Waals surface area contributed by atoms with E-state index < -0.39 is 0 Å². The number of carbonyl (C=O) groups excluding carboxylic acids is 1. The molecule has 0 bridgehead atoms. The molecule has 1 atom stereocenters. The number of hydrogen-bond donors (Lipinski definition) is 2. The van der Waals surface area contributed by atoms with Crippen molar-refractivity contribution < 1.29 is 4.79 Å². The third kappa shape index (κ3) is 5.34. The highest BCUT2D eigenvalue weighted by Crippen LogP contribution is 2.17. The fourth-order valence-electron chi connectivity index (χ4n) is 2.72. The number of aromatic nitrogens is 1. The Hall–Kier alpha value is -1.62. The van der Waals surface area contributed by atoms with Crippen molar-refractivity contribution in [3.8, 4) is 0 Å². The molecule has 1 saturated heterocycles. The molecule has 1 aromatic rings. The predicted octanol–water partition coefficient (Wildman–Crippen LogP) is 2.00. The first-order chi connectivity index (χ1) is 10.1. The molecule has 2 amide bonds. The van der Waals surface area contributed by atoms with Gasteiger partial charge in [-0.15, -0.1) is 0 Å². The van der Waals surface area contributed by atoms with Crippen molar-refractivity contribution in [3.63, 3.8) is 0 Å². The molecule has 5 heteroatoms. The highest BCUT2D eigenvalue weighted by Gasteiger charge is 2.21. The van der Waals surface area contributed by atoms with E-state index >= 15 is 0 Å². The highest BCUT2D eigenvalue weighted by molar-refractivity contribution is 5.73. The van der Waals surface area contributed by atoms with E-state index in [2.05, 4.69) is 34.4 Å². The van der Waals surface area contributed by atoms with E-state index in [1.54, 1.807) is 12.4 Å². The van der Waals surface area contributed by atoms with Gasteiger partial charge in [0.15, 0.2) is 0 Å². The van der Waals surface area contributed by atoms with Crippen molar-refractivity contribution in [2.24, 2.45) is 5.92 Å². The summed E-state index contributed by atoms with van der Waals surface area (Å²) < 4.78 is 0. The number of carbonyl (C=O) groups is 1. The average Bonchev–Trinajstić information content (AvgIpc) is 2.52. The quantitative estimate of drug-likeness (QED) is 0.872. The van der Waals surface area contributed by atoms with Crippen molar-refractivity contribution in [3.05, 3.63) is 30.1 Å². The maximum absolute atomic E-state index is 11.8. The Morgan fingerprint density at radius 3 is 3.05 bits per heavy atom. The lowest BCUT2D eigenvalue weighted by Gasteiger charge is -2.35. The summed E-state index contributed by atoms with van der Waals surface area (Å²) in [5.74, 6) is 0.560. The lowest BCUT2D eigenvalue weighted by molar-refractivity contribution is 0.139. The summed E-state index contributed by atoms with van der Waals surface area (Å²) in [5, 5.41) is 5.85. The second kappa shape index (κ2) is 7.98. The molecule has 1 aromatic heterocycles. The van der Waals surface area contributed by atoms with Gasteiger partial charge in [-0.2, -0.15) is 0 Å². The summed E-state index contributed by atoms with van der Waals surface area (Å²) in [6, 6.07) is 4.32. The van der Waals surface area contributed by atoms with E-state index in [1.807, 2.05) is 12.1 Å². The van der Waals surface area contributed by atoms with Gasteiger partial charge in [0.25, 0.3) is 0 Å². The van der Waals surface area contributed by atoms with E-state index in [9.17, 15) is 4.79 Å². The van der Waals surface area contributed by atoms with Gasteiger partial charge in [-0.1, -0.05) is 6.07 Å². The van der Waals surface area contributed by atoms with Gasteiger partial charge >= 0.3 is 6.03 Å². The van der Waals surface area contributed by atoms with Crippen LogP contribution in [-0.4, -0.2) is 41.6 Å². The zero-order valence-electron chi connectivity index (χ0n) is 13.0. The summed E-state index contributed by atoms with van der Waals surface area (Å²) in [7, 11) is 0. The van der Waals surface area contributed by atoms with Gasteiger partial charge in [0, 0.05) is 38.1 Å². The van der Waals surface area contributed by atoms with Crippen LogP contribution in [0, 0.1) is 5.92 Å². The van der Waals surface area contributed by atoms with Gasteiger partial charge < -0.3 is 15.5 Å². The minimum Gasteiger partial charge on any atom is -0.338 e. The second-order valence-electron chi connectivity index (χ2n) is 6.02. The number of hydrogen-bond acceptors (Lipinski definition) is 3. The molecule has 116 valence electrons. The first kappa shape index (κ1) is 15.8. The fourth-order valence-corrected chi connectivity index (χ4v) is 2.72. The fraction of sp³-hybridized carbons (Fsp3) is 0.625. The molecule has 2 rings (SSSR count). The predicted molar refractivity (Wildman–Crippen MR) is 83.9 cm³/mol. The smallest absolute Gasteiger partial charge is 0.315 e. The number of rotatable bonds is 5. The number of piperidine rings is 1. The molecule has 1 aliphatic heterocycles. The number of amides is 2. The second-order valence-corrected chi connectivity index (χ2v) is 6.02. The highest BCUT2D eigenvalue weighted by atomic mass is 16.2. The summed E-state index contributed by atoms with van der Waals surface area (Å²) in [4.78, 5) is 18.3. The maximum atomic E-state index is 11.8. The van der Waals surface area contributed by atoms with Crippen molar-refractivity contribution in [2.45, 2.75) is 39.3 Å². The van der Waals surface area contributed by atoms with Crippen LogP contribution in [0.1, 0.15) is 32.3 Å². The first-order valence-electron chi connectivity index (χ1n) is 7.80. The maximum Gasteiger partial charge on any atom is 0.315 e. The van der Waals surface area contributed by atoms with E-state index in [0.717, 1.165) is 18.7 Å². The summed E-state index contributed by atoms with van der Waals surface area (Å²) in [5.41, 5.74) is 1.01. The summed E-state index contributed by atoms with van der Waals surface area (Å²) in [6.07, 6.45) is 5.92. The molecule has 0 radical (unpaired) electrons. The number of pyridine rings is 1. The number of likely N-dealkylation sites (tertiary alicyclic amines) is 1. The number of nitrogens with one attached hydrogen (secondary N) is 2. The van der Waals surface area contributed by atoms with Gasteiger partial charge in [-0.25, -0.2) is 4.79 Å². The molecule has 5 nitrogen and oxygen atoms in total.